The quantitative estimate of drug-likeness (QED) is 0.267. The average Bonchev–Trinajstić information content (AvgIpc) is 3.18. The highest BCUT2D eigenvalue weighted by molar-refractivity contribution is 6.05. The summed E-state index contributed by atoms with van der Waals surface area (Å²) in [5.74, 6) is 0.101. The first-order valence-electron chi connectivity index (χ1n) is 14.6. The molecule has 1 aliphatic heterocycles. The number of anilines is 1. The van der Waals surface area contributed by atoms with Gasteiger partial charge in [0.25, 0.3) is 5.91 Å². The highest BCUT2D eigenvalue weighted by Crippen LogP contribution is 2.47. The summed E-state index contributed by atoms with van der Waals surface area (Å²) < 4.78 is 8.46. The zero-order chi connectivity index (χ0) is 29.4. The van der Waals surface area contributed by atoms with Gasteiger partial charge in [-0.3, -0.25) is 14.4 Å². The van der Waals surface area contributed by atoms with Gasteiger partial charge in [-0.05, 0) is 86.7 Å². The number of hydrogen-bond acceptors (Lipinski definition) is 4. The van der Waals surface area contributed by atoms with Crippen molar-refractivity contribution in [1.82, 2.24) is 9.88 Å². The van der Waals surface area contributed by atoms with Gasteiger partial charge < -0.3 is 25.7 Å². The second-order valence-corrected chi connectivity index (χ2v) is 11.8. The van der Waals surface area contributed by atoms with E-state index in [0.29, 0.717) is 35.9 Å². The Morgan fingerprint density at radius 3 is 2.38 bits per heavy atom. The molecule has 2 heterocycles. The van der Waals surface area contributed by atoms with E-state index in [1.54, 1.807) is 38.1 Å². The summed E-state index contributed by atoms with van der Waals surface area (Å²) in [6, 6.07) is 20.4. The second-order valence-electron chi connectivity index (χ2n) is 11.8. The summed E-state index contributed by atoms with van der Waals surface area (Å²) >= 11 is 0. The monoisotopic (exact) mass is 564 g/mol. The van der Waals surface area contributed by atoms with Gasteiger partial charge in [-0.25, -0.2) is 0 Å². The predicted octanol–water partition coefficient (Wildman–Crippen LogP) is 5.99. The third-order valence-corrected chi connectivity index (χ3v) is 8.51. The summed E-state index contributed by atoms with van der Waals surface area (Å²) in [7, 11) is 0. The number of primary amides is 1. The van der Waals surface area contributed by atoms with Gasteiger partial charge in [0.2, 0.25) is 11.8 Å². The molecule has 6 rings (SSSR count). The summed E-state index contributed by atoms with van der Waals surface area (Å²) in [5.41, 5.74) is 10.1. The van der Waals surface area contributed by atoms with Crippen LogP contribution >= 0.6 is 0 Å². The third-order valence-electron chi connectivity index (χ3n) is 8.51. The molecule has 0 spiro atoms. The molecule has 1 aliphatic carbocycles. The molecule has 0 bridgehead atoms. The van der Waals surface area contributed by atoms with Gasteiger partial charge in [0.1, 0.15) is 17.9 Å². The number of aromatic nitrogens is 1. The first kappa shape index (κ1) is 27.6. The molecule has 1 fully saturated rings. The fourth-order valence-corrected chi connectivity index (χ4v) is 6.30. The summed E-state index contributed by atoms with van der Waals surface area (Å²) in [4.78, 5) is 38.0. The summed E-state index contributed by atoms with van der Waals surface area (Å²) in [6.07, 6.45) is 6.04. The number of hydrogen-bond donors (Lipinski definition) is 3. The number of carbonyl (C=O) groups excluding carboxylic acids is 3. The van der Waals surface area contributed by atoms with E-state index < -0.39 is 11.4 Å². The van der Waals surface area contributed by atoms with Gasteiger partial charge in [-0.15, -0.1) is 0 Å². The molecular formula is C34H36N4O4. The number of nitrogens with two attached hydrogens (primary N) is 1. The van der Waals surface area contributed by atoms with Crippen LogP contribution in [0.25, 0.3) is 22.2 Å². The van der Waals surface area contributed by atoms with Crippen molar-refractivity contribution in [2.75, 3.05) is 11.9 Å². The molecular weight excluding hydrogens is 528 g/mol. The van der Waals surface area contributed by atoms with Crippen LogP contribution in [0.1, 0.15) is 78.1 Å². The molecule has 2 aliphatic rings. The largest absolute Gasteiger partial charge is 0.491 e. The van der Waals surface area contributed by atoms with Crippen molar-refractivity contribution in [3.63, 3.8) is 0 Å². The van der Waals surface area contributed by atoms with E-state index >= 15 is 0 Å². The first-order chi connectivity index (χ1) is 20.2. The van der Waals surface area contributed by atoms with Crippen LogP contribution in [0.5, 0.6) is 5.75 Å². The summed E-state index contributed by atoms with van der Waals surface area (Å²) in [6.45, 7) is 4.55. The molecule has 3 aromatic carbocycles. The maximum atomic E-state index is 13.5. The Hall–Kier alpha value is -4.59. The predicted molar refractivity (Wildman–Crippen MR) is 164 cm³/mol. The highest BCUT2D eigenvalue weighted by atomic mass is 16.5. The standard InChI is InChI=1S/C34H36N4O4/c1-34(2,33(41)36-24-15-12-22(13-16-24)31(35)39)37-32(40)23-14-17-25-27(20-23)38-18-19-42-28-11-7-6-10-26(28)30(38)29(25)21-8-4-3-5-9-21/h6-7,10-17,20-21H,3-5,8-9,18-19H2,1-2H3,(H2,35,39)(H,36,41)(H,37,40). The molecule has 8 nitrogen and oxygen atoms in total. The molecule has 0 radical (unpaired) electrons. The SMILES string of the molecule is CC(C)(NC(=O)c1ccc2c(C3CCCCC3)c3n(c2c1)CCOc1ccccc1-3)C(=O)Nc1ccc(C(N)=O)cc1. The van der Waals surface area contributed by atoms with E-state index in [-0.39, 0.29) is 11.8 Å². The van der Waals surface area contributed by atoms with Gasteiger partial charge in [0.15, 0.2) is 0 Å². The molecule has 0 saturated heterocycles. The van der Waals surface area contributed by atoms with Crippen molar-refractivity contribution in [3.05, 3.63) is 83.4 Å². The van der Waals surface area contributed by atoms with Crippen molar-refractivity contribution < 1.29 is 19.1 Å². The fourth-order valence-electron chi connectivity index (χ4n) is 6.30. The lowest BCUT2D eigenvalue weighted by Crippen LogP contribution is -2.52. The van der Waals surface area contributed by atoms with Crippen LogP contribution in [0, 0.1) is 0 Å². The van der Waals surface area contributed by atoms with Crippen LogP contribution < -0.4 is 21.1 Å². The zero-order valence-electron chi connectivity index (χ0n) is 24.0. The zero-order valence-corrected chi connectivity index (χ0v) is 24.0. The molecule has 0 unspecified atom stereocenters. The number of rotatable bonds is 6. The van der Waals surface area contributed by atoms with Crippen LogP contribution in [0.15, 0.2) is 66.7 Å². The van der Waals surface area contributed by atoms with Crippen molar-refractivity contribution in [1.29, 1.82) is 0 Å². The van der Waals surface area contributed by atoms with E-state index in [4.69, 9.17) is 10.5 Å². The van der Waals surface area contributed by atoms with E-state index in [1.165, 1.54) is 35.9 Å². The fraction of sp³-hybridized carbons (Fsp3) is 0.324. The van der Waals surface area contributed by atoms with Gasteiger partial charge in [-0.1, -0.05) is 37.5 Å². The Morgan fingerprint density at radius 2 is 1.64 bits per heavy atom. The summed E-state index contributed by atoms with van der Waals surface area (Å²) in [5, 5.41) is 6.90. The second kappa shape index (κ2) is 11.0. The molecule has 4 aromatic rings. The van der Waals surface area contributed by atoms with Crippen molar-refractivity contribution in [3.8, 4) is 17.0 Å². The van der Waals surface area contributed by atoms with Gasteiger partial charge in [0.05, 0.1) is 12.2 Å². The molecule has 3 amide bonds. The average molecular weight is 565 g/mol. The van der Waals surface area contributed by atoms with Crippen LogP contribution in [0.3, 0.4) is 0 Å². The maximum Gasteiger partial charge on any atom is 0.252 e. The Labute approximate surface area is 245 Å². The molecule has 42 heavy (non-hydrogen) atoms. The first-order valence-corrected chi connectivity index (χ1v) is 14.6. The van der Waals surface area contributed by atoms with E-state index in [1.807, 2.05) is 24.3 Å². The minimum Gasteiger partial charge on any atom is -0.491 e. The number of benzene rings is 3. The number of nitrogens with one attached hydrogen (secondary N) is 2. The highest BCUT2D eigenvalue weighted by Gasteiger charge is 2.32. The third kappa shape index (κ3) is 5.13. The molecule has 4 N–H and O–H groups in total. The minimum atomic E-state index is -1.20. The molecule has 8 heteroatoms. The molecule has 1 saturated carbocycles. The molecule has 216 valence electrons. The topological polar surface area (TPSA) is 115 Å². The Balaban J connectivity index is 1.32. The van der Waals surface area contributed by atoms with Crippen LogP contribution in [0.4, 0.5) is 5.69 Å². The molecule has 0 atom stereocenters. The maximum absolute atomic E-state index is 13.5. The number of carbonyl (C=O) groups is 3. The van der Waals surface area contributed by atoms with E-state index in [9.17, 15) is 14.4 Å². The number of nitrogens with zero attached hydrogens (tertiary/aromatic N) is 1. The Bertz CT molecular complexity index is 1680. The number of ether oxygens (including phenoxy) is 1. The minimum absolute atomic E-state index is 0.332. The molecule has 1 aromatic heterocycles. The van der Waals surface area contributed by atoms with Crippen LogP contribution in [-0.2, 0) is 11.3 Å². The lowest BCUT2D eigenvalue weighted by molar-refractivity contribution is -0.120. The lowest BCUT2D eigenvalue weighted by atomic mass is 9.81. The van der Waals surface area contributed by atoms with E-state index in [2.05, 4.69) is 33.4 Å². The van der Waals surface area contributed by atoms with Crippen LogP contribution in [-0.4, -0.2) is 34.4 Å². The Kier molecular flexibility index (Phi) is 7.22. The van der Waals surface area contributed by atoms with Crippen molar-refractivity contribution in [2.24, 2.45) is 5.73 Å². The van der Waals surface area contributed by atoms with Gasteiger partial charge in [-0.2, -0.15) is 0 Å². The van der Waals surface area contributed by atoms with Crippen molar-refractivity contribution in [2.45, 2.75) is 64.0 Å². The van der Waals surface area contributed by atoms with E-state index in [0.717, 1.165) is 29.7 Å². The normalized spacial score (nSPS) is 15.2. The van der Waals surface area contributed by atoms with Crippen molar-refractivity contribution >= 4 is 34.3 Å². The number of para-hydroxylation sites is 1. The smallest absolute Gasteiger partial charge is 0.252 e. The Morgan fingerprint density at radius 1 is 0.929 bits per heavy atom. The number of fused-ring (bicyclic) bond motifs is 5. The van der Waals surface area contributed by atoms with Gasteiger partial charge in [0, 0.05) is 33.3 Å². The van der Waals surface area contributed by atoms with Crippen LogP contribution in [0.2, 0.25) is 0 Å². The van der Waals surface area contributed by atoms with Gasteiger partial charge >= 0.3 is 0 Å². The lowest BCUT2D eigenvalue weighted by Gasteiger charge is -2.25. The number of amides is 3.